The Hall–Kier alpha value is -1.36. The number of nitrogen functional groups attached to an aromatic ring is 1. The van der Waals surface area contributed by atoms with Crippen molar-refractivity contribution in [2.75, 3.05) is 36.8 Å². The summed E-state index contributed by atoms with van der Waals surface area (Å²) in [5.41, 5.74) is 7.16. The molecule has 0 radical (unpaired) electrons. The highest BCUT2D eigenvalue weighted by molar-refractivity contribution is 5.57. The Kier molecular flexibility index (Phi) is 4.02. The molecular weight excluding hydrogens is 262 g/mol. The van der Waals surface area contributed by atoms with E-state index in [1.807, 2.05) is 6.92 Å². The maximum atomic E-state index is 6.12. The van der Waals surface area contributed by atoms with E-state index in [0.717, 1.165) is 30.3 Å². The molecule has 0 spiro atoms. The molecule has 5 heteroatoms. The topological polar surface area (TPSA) is 58.3 Å². The summed E-state index contributed by atoms with van der Waals surface area (Å²) < 4.78 is 0. The summed E-state index contributed by atoms with van der Waals surface area (Å²) in [7, 11) is 0. The highest BCUT2D eigenvalue weighted by atomic mass is 15.3. The molecule has 0 amide bonds. The van der Waals surface area contributed by atoms with Crippen molar-refractivity contribution < 1.29 is 0 Å². The maximum Gasteiger partial charge on any atom is 0.137 e. The summed E-state index contributed by atoms with van der Waals surface area (Å²) in [5.74, 6) is 2.86. The smallest absolute Gasteiger partial charge is 0.137 e. The average Bonchev–Trinajstić information content (AvgIpc) is 2.79. The third-order valence-corrected chi connectivity index (χ3v) is 4.79. The number of nitrogens with zero attached hydrogens (tertiary/aromatic N) is 4. The number of fused-ring (bicyclic) bond motifs is 1. The van der Waals surface area contributed by atoms with Crippen molar-refractivity contribution in [3.05, 3.63) is 11.4 Å². The van der Waals surface area contributed by atoms with E-state index in [1.54, 1.807) is 0 Å². The number of aromatic nitrogens is 2. The first-order chi connectivity index (χ1) is 10.1. The minimum absolute atomic E-state index is 0.307. The minimum Gasteiger partial charge on any atom is -0.383 e. The molecule has 0 bridgehead atoms. The van der Waals surface area contributed by atoms with E-state index in [-0.39, 0.29) is 0 Å². The lowest BCUT2D eigenvalue weighted by molar-refractivity contribution is 0.273. The van der Waals surface area contributed by atoms with Gasteiger partial charge in [0.15, 0.2) is 0 Å². The van der Waals surface area contributed by atoms with Crippen LogP contribution < -0.4 is 10.6 Å². The van der Waals surface area contributed by atoms with Gasteiger partial charge in [-0.05, 0) is 32.7 Å². The molecule has 2 saturated heterocycles. The fourth-order valence-electron chi connectivity index (χ4n) is 3.50. The fraction of sp³-hybridized carbons (Fsp3) is 0.750. The SMILES string of the molecule is Cc1c(N)nc(C(C)C)nc1N1CCCN2CCCC2C1. The van der Waals surface area contributed by atoms with Crippen molar-refractivity contribution in [3.63, 3.8) is 0 Å². The summed E-state index contributed by atoms with van der Waals surface area (Å²) in [6.45, 7) is 10.9. The van der Waals surface area contributed by atoms with E-state index in [2.05, 4.69) is 28.6 Å². The third kappa shape index (κ3) is 2.84. The van der Waals surface area contributed by atoms with E-state index in [1.165, 1.54) is 32.4 Å². The molecular formula is C16H27N5. The van der Waals surface area contributed by atoms with Crippen molar-refractivity contribution in [2.24, 2.45) is 0 Å². The van der Waals surface area contributed by atoms with Gasteiger partial charge < -0.3 is 10.6 Å². The van der Waals surface area contributed by atoms with Gasteiger partial charge >= 0.3 is 0 Å². The Morgan fingerprint density at radius 3 is 2.67 bits per heavy atom. The molecule has 2 fully saturated rings. The summed E-state index contributed by atoms with van der Waals surface area (Å²) in [4.78, 5) is 14.4. The Balaban J connectivity index is 1.91. The lowest BCUT2D eigenvalue weighted by Crippen LogP contribution is -2.37. The second kappa shape index (κ2) is 5.79. The standard InChI is InChI=1S/C16H27N5/c1-11(2)15-18-14(17)12(3)16(19-15)21-9-5-8-20-7-4-6-13(20)10-21/h11,13H,4-10H2,1-3H3,(H2,17,18,19). The molecule has 3 heterocycles. The zero-order valence-corrected chi connectivity index (χ0v) is 13.5. The van der Waals surface area contributed by atoms with Crippen LogP contribution >= 0.6 is 0 Å². The highest BCUT2D eigenvalue weighted by Gasteiger charge is 2.30. The van der Waals surface area contributed by atoms with Gasteiger partial charge in [-0.1, -0.05) is 13.8 Å². The van der Waals surface area contributed by atoms with Crippen LogP contribution in [0, 0.1) is 6.92 Å². The molecule has 0 aliphatic carbocycles. The molecule has 0 aromatic carbocycles. The van der Waals surface area contributed by atoms with E-state index in [9.17, 15) is 0 Å². The van der Waals surface area contributed by atoms with Gasteiger partial charge in [0.25, 0.3) is 0 Å². The van der Waals surface area contributed by atoms with E-state index in [4.69, 9.17) is 10.7 Å². The largest absolute Gasteiger partial charge is 0.383 e. The predicted molar refractivity (Wildman–Crippen MR) is 86.7 cm³/mol. The van der Waals surface area contributed by atoms with Crippen molar-refractivity contribution in [1.29, 1.82) is 0 Å². The van der Waals surface area contributed by atoms with E-state index < -0.39 is 0 Å². The monoisotopic (exact) mass is 289 g/mol. The van der Waals surface area contributed by atoms with Crippen LogP contribution in [-0.2, 0) is 0 Å². The van der Waals surface area contributed by atoms with Gasteiger partial charge in [0.05, 0.1) is 0 Å². The minimum atomic E-state index is 0.307. The molecule has 3 rings (SSSR count). The van der Waals surface area contributed by atoms with E-state index in [0.29, 0.717) is 17.8 Å². The third-order valence-electron chi connectivity index (χ3n) is 4.79. The first-order valence-electron chi connectivity index (χ1n) is 8.19. The Labute approximate surface area is 127 Å². The molecule has 116 valence electrons. The fourth-order valence-corrected chi connectivity index (χ4v) is 3.50. The van der Waals surface area contributed by atoms with Crippen LogP contribution in [0.1, 0.15) is 50.4 Å². The van der Waals surface area contributed by atoms with Crippen LogP contribution in [0.3, 0.4) is 0 Å². The summed E-state index contributed by atoms with van der Waals surface area (Å²) >= 11 is 0. The number of hydrogen-bond acceptors (Lipinski definition) is 5. The number of hydrogen-bond donors (Lipinski definition) is 1. The van der Waals surface area contributed by atoms with Gasteiger partial charge in [0, 0.05) is 37.2 Å². The maximum absolute atomic E-state index is 6.12. The molecule has 1 atom stereocenters. The van der Waals surface area contributed by atoms with Gasteiger partial charge in [0.2, 0.25) is 0 Å². The average molecular weight is 289 g/mol. The van der Waals surface area contributed by atoms with Crippen molar-refractivity contribution >= 4 is 11.6 Å². The van der Waals surface area contributed by atoms with E-state index >= 15 is 0 Å². The summed E-state index contributed by atoms with van der Waals surface area (Å²) in [6.07, 6.45) is 3.85. The molecule has 0 saturated carbocycles. The highest BCUT2D eigenvalue weighted by Crippen LogP contribution is 2.28. The van der Waals surface area contributed by atoms with Crippen molar-refractivity contribution in [3.8, 4) is 0 Å². The number of anilines is 2. The molecule has 1 unspecified atom stereocenters. The Bertz CT molecular complexity index is 514. The van der Waals surface area contributed by atoms with Gasteiger partial charge in [0.1, 0.15) is 17.5 Å². The Morgan fingerprint density at radius 1 is 1.14 bits per heavy atom. The molecule has 2 N–H and O–H groups in total. The van der Waals surface area contributed by atoms with Gasteiger partial charge in [-0.15, -0.1) is 0 Å². The van der Waals surface area contributed by atoms with Gasteiger partial charge in [-0.3, -0.25) is 4.90 Å². The first-order valence-corrected chi connectivity index (χ1v) is 8.19. The zero-order valence-electron chi connectivity index (χ0n) is 13.5. The van der Waals surface area contributed by atoms with Crippen LogP contribution in [0.2, 0.25) is 0 Å². The normalized spacial score (nSPS) is 23.4. The Morgan fingerprint density at radius 2 is 1.90 bits per heavy atom. The molecule has 1 aromatic rings. The molecule has 2 aliphatic rings. The second-order valence-electron chi connectivity index (χ2n) is 6.70. The lowest BCUT2D eigenvalue weighted by Gasteiger charge is -2.28. The summed E-state index contributed by atoms with van der Waals surface area (Å²) in [5, 5.41) is 0. The summed E-state index contributed by atoms with van der Waals surface area (Å²) in [6, 6.07) is 0.686. The molecule has 5 nitrogen and oxygen atoms in total. The quantitative estimate of drug-likeness (QED) is 0.904. The van der Waals surface area contributed by atoms with Crippen LogP contribution in [-0.4, -0.2) is 47.1 Å². The van der Waals surface area contributed by atoms with Crippen molar-refractivity contribution in [1.82, 2.24) is 14.9 Å². The van der Waals surface area contributed by atoms with Crippen LogP contribution in [0.15, 0.2) is 0 Å². The first kappa shape index (κ1) is 14.6. The second-order valence-corrected chi connectivity index (χ2v) is 6.70. The van der Waals surface area contributed by atoms with Crippen molar-refractivity contribution in [2.45, 2.75) is 52.0 Å². The predicted octanol–water partition coefficient (Wildman–Crippen LogP) is 2.17. The van der Waals surface area contributed by atoms with Crippen LogP contribution in [0.4, 0.5) is 11.6 Å². The molecule has 21 heavy (non-hydrogen) atoms. The lowest BCUT2D eigenvalue weighted by atomic mass is 10.1. The molecule has 1 aromatic heterocycles. The number of rotatable bonds is 2. The van der Waals surface area contributed by atoms with Gasteiger partial charge in [-0.2, -0.15) is 0 Å². The molecule has 2 aliphatic heterocycles. The van der Waals surface area contributed by atoms with Gasteiger partial charge in [-0.25, -0.2) is 9.97 Å². The zero-order chi connectivity index (χ0) is 15.0. The van der Waals surface area contributed by atoms with Crippen LogP contribution in [0.5, 0.6) is 0 Å². The number of nitrogens with two attached hydrogens (primary N) is 1. The van der Waals surface area contributed by atoms with Crippen LogP contribution in [0.25, 0.3) is 0 Å².